The van der Waals surface area contributed by atoms with Gasteiger partial charge in [0.2, 0.25) is 0 Å². The molecule has 94 valence electrons. The fourth-order valence-electron chi connectivity index (χ4n) is 1.23. The van der Waals surface area contributed by atoms with Gasteiger partial charge in [-0.2, -0.15) is 5.10 Å². The maximum absolute atomic E-state index is 13.4. The average Bonchev–Trinajstić information content (AvgIpc) is 2.30. The van der Waals surface area contributed by atoms with E-state index in [0.29, 0.717) is 5.69 Å². The molecule has 0 N–H and O–H groups in total. The van der Waals surface area contributed by atoms with Crippen LogP contribution in [0.15, 0.2) is 28.7 Å². The van der Waals surface area contributed by atoms with Crippen molar-refractivity contribution in [1.29, 1.82) is 0 Å². The normalized spacial score (nSPS) is 10.4. The molecule has 0 aliphatic heterocycles. The van der Waals surface area contributed by atoms with E-state index in [1.54, 1.807) is 12.1 Å². The van der Waals surface area contributed by atoms with Crippen molar-refractivity contribution in [2.45, 2.75) is 6.61 Å². The van der Waals surface area contributed by atoms with Crippen LogP contribution in [0.25, 0.3) is 0 Å². The molecule has 3 nitrogen and oxygen atoms in total. The molecule has 0 radical (unpaired) electrons. The van der Waals surface area contributed by atoms with Crippen LogP contribution in [0, 0.1) is 11.6 Å². The highest BCUT2D eigenvalue weighted by Crippen LogP contribution is 2.29. The molecule has 1 aromatic heterocycles. The maximum Gasteiger partial charge on any atom is 0.169 e. The minimum absolute atomic E-state index is 0.00528. The number of halogens is 4. The summed E-state index contributed by atoms with van der Waals surface area (Å²) in [4.78, 5) is 0. The molecule has 0 saturated carbocycles. The molecule has 2 aromatic rings. The average molecular weight is 336 g/mol. The Morgan fingerprint density at radius 2 is 2.00 bits per heavy atom. The zero-order valence-electron chi connectivity index (χ0n) is 8.83. The molecule has 0 aliphatic carbocycles. The van der Waals surface area contributed by atoms with Gasteiger partial charge < -0.3 is 4.74 Å². The molecule has 0 amide bonds. The molecule has 0 spiro atoms. The van der Waals surface area contributed by atoms with Crippen molar-refractivity contribution in [3.8, 4) is 5.75 Å². The molecule has 2 rings (SSSR count). The van der Waals surface area contributed by atoms with Crippen LogP contribution in [-0.2, 0) is 6.61 Å². The fourth-order valence-corrected chi connectivity index (χ4v) is 1.86. The quantitative estimate of drug-likeness (QED) is 0.857. The van der Waals surface area contributed by atoms with Crippen molar-refractivity contribution < 1.29 is 13.5 Å². The molecular formula is C11H6BrClF2N2O. The van der Waals surface area contributed by atoms with E-state index >= 15 is 0 Å². The number of hydrogen-bond donors (Lipinski definition) is 0. The van der Waals surface area contributed by atoms with E-state index in [1.807, 2.05) is 0 Å². The predicted molar refractivity (Wildman–Crippen MR) is 65.4 cm³/mol. The fraction of sp³-hybridized carbons (Fsp3) is 0.0909. The lowest BCUT2D eigenvalue weighted by molar-refractivity contribution is 0.281. The van der Waals surface area contributed by atoms with Crippen LogP contribution in [-0.4, -0.2) is 10.2 Å². The molecule has 0 saturated heterocycles. The summed E-state index contributed by atoms with van der Waals surface area (Å²) < 4.78 is 31.7. The highest BCUT2D eigenvalue weighted by atomic mass is 79.9. The van der Waals surface area contributed by atoms with E-state index in [2.05, 4.69) is 26.1 Å². The smallest absolute Gasteiger partial charge is 0.169 e. The van der Waals surface area contributed by atoms with Gasteiger partial charge in [-0.05, 0) is 34.1 Å². The van der Waals surface area contributed by atoms with Gasteiger partial charge in [0, 0.05) is 6.07 Å². The highest BCUT2D eigenvalue weighted by molar-refractivity contribution is 9.10. The van der Waals surface area contributed by atoms with Crippen LogP contribution >= 0.6 is 27.5 Å². The van der Waals surface area contributed by atoms with Crippen LogP contribution < -0.4 is 4.74 Å². The molecule has 0 fully saturated rings. The van der Waals surface area contributed by atoms with Gasteiger partial charge in [0.1, 0.15) is 18.1 Å². The number of ether oxygens (including phenoxy) is 1. The summed E-state index contributed by atoms with van der Waals surface area (Å²) in [5.74, 6) is -1.55. The molecular weight excluding hydrogens is 329 g/mol. The van der Waals surface area contributed by atoms with Crippen LogP contribution in [0.3, 0.4) is 0 Å². The third kappa shape index (κ3) is 3.14. The number of rotatable bonds is 3. The lowest BCUT2D eigenvalue weighted by Gasteiger charge is -2.08. The zero-order valence-corrected chi connectivity index (χ0v) is 11.2. The van der Waals surface area contributed by atoms with Crippen molar-refractivity contribution in [2.24, 2.45) is 0 Å². The van der Waals surface area contributed by atoms with Crippen LogP contribution in [0.5, 0.6) is 5.75 Å². The van der Waals surface area contributed by atoms with Gasteiger partial charge in [-0.25, -0.2) is 8.78 Å². The largest absolute Gasteiger partial charge is 0.483 e. The molecule has 0 unspecified atom stereocenters. The molecule has 18 heavy (non-hydrogen) atoms. The number of nitrogens with zero attached hydrogens (tertiary/aromatic N) is 2. The molecule has 1 heterocycles. The van der Waals surface area contributed by atoms with Crippen molar-refractivity contribution in [3.05, 3.63) is 51.2 Å². The van der Waals surface area contributed by atoms with Crippen LogP contribution in [0.4, 0.5) is 8.78 Å². The lowest BCUT2D eigenvalue weighted by atomic mass is 10.3. The van der Waals surface area contributed by atoms with Crippen molar-refractivity contribution in [2.75, 3.05) is 0 Å². The highest BCUT2D eigenvalue weighted by Gasteiger charge is 2.11. The Morgan fingerprint density at radius 3 is 2.61 bits per heavy atom. The second-order valence-corrected chi connectivity index (χ2v) is 4.58. The number of benzene rings is 1. The summed E-state index contributed by atoms with van der Waals surface area (Å²) in [5.41, 5.74) is 0.482. The number of hydrogen-bond acceptors (Lipinski definition) is 3. The Morgan fingerprint density at radius 1 is 1.22 bits per heavy atom. The van der Waals surface area contributed by atoms with Gasteiger partial charge in [0.05, 0.1) is 4.47 Å². The molecule has 7 heteroatoms. The van der Waals surface area contributed by atoms with E-state index < -0.39 is 11.6 Å². The van der Waals surface area contributed by atoms with Crippen molar-refractivity contribution in [1.82, 2.24) is 10.2 Å². The molecule has 0 atom stereocenters. The summed E-state index contributed by atoms with van der Waals surface area (Å²) in [6.45, 7) is 0.00528. The SMILES string of the molecule is Fc1cc(F)c(OCc2ccc(Cl)nn2)c(Br)c1. The number of aromatic nitrogens is 2. The van der Waals surface area contributed by atoms with E-state index in [0.717, 1.165) is 12.1 Å². The van der Waals surface area contributed by atoms with Gasteiger partial charge in [-0.15, -0.1) is 5.10 Å². The van der Waals surface area contributed by atoms with Gasteiger partial charge in [-0.1, -0.05) is 11.6 Å². The Hall–Kier alpha value is -1.27. The first-order valence-electron chi connectivity index (χ1n) is 4.81. The standard InChI is InChI=1S/C11H6BrClF2N2O/c12-8-3-6(14)4-9(15)11(8)18-5-7-1-2-10(13)17-16-7/h1-4H,5H2. The predicted octanol–water partition coefficient (Wildman–Crippen LogP) is 3.75. The van der Waals surface area contributed by atoms with E-state index in [1.165, 1.54) is 0 Å². The van der Waals surface area contributed by atoms with Gasteiger partial charge in [-0.3, -0.25) is 0 Å². The second-order valence-electron chi connectivity index (χ2n) is 3.33. The molecule has 0 bridgehead atoms. The lowest BCUT2D eigenvalue weighted by Crippen LogP contribution is -2.02. The Labute approximate surface area is 115 Å². The summed E-state index contributed by atoms with van der Waals surface area (Å²) in [7, 11) is 0. The summed E-state index contributed by atoms with van der Waals surface area (Å²) in [6, 6.07) is 5.01. The van der Waals surface area contributed by atoms with Gasteiger partial charge >= 0.3 is 0 Å². The Bertz CT molecular complexity index is 542. The summed E-state index contributed by atoms with van der Waals surface area (Å²) in [6.07, 6.45) is 0. The first-order valence-corrected chi connectivity index (χ1v) is 5.99. The first kappa shape index (κ1) is 13.2. The summed E-state index contributed by atoms with van der Waals surface area (Å²) >= 11 is 8.59. The summed E-state index contributed by atoms with van der Waals surface area (Å²) in [5, 5.41) is 7.63. The second kappa shape index (κ2) is 5.58. The van der Waals surface area contributed by atoms with Crippen LogP contribution in [0.1, 0.15) is 5.69 Å². The minimum atomic E-state index is -0.788. The molecule has 1 aromatic carbocycles. The topological polar surface area (TPSA) is 35.0 Å². The van der Waals surface area contributed by atoms with E-state index in [-0.39, 0.29) is 22.0 Å². The minimum Gasteiger partial charge on any atom is -0.483 e. The van der Waals surface area contributed by atoms with Crippen LogP contribution in [0.2, 0.25) is 5.15 Å². The van der Waals surface area contributed by atoms with Crippen molar-refractivity contribution in [3.63, 3.8) is 0 Å². The maximum atomic E-state index is 13.4. The Kier molecular flexibility index (Phi) is 4.08. The third-order valence-electron chi connectivity index (χ3n) is 2.01. The van der Waals surface area contributed by atoms with Gasteiger partial charge in [0.15, 0.2) is 16.7 Å². The van der Waals surface area contributed by atoms with E-state index in [4.69, 9.17) is 16.3 Å². The molecule has 0 aliphatic rings. The monoisotopic (exact) mass is 334 g/mol. The van der Waals surface area contributed by atoms with E-state index in [9.17, 15) is 8.78 Å². The zero-order chi connectivity index (χ0) is 13.1. The van der Waals surface area contributed by atoms with Gasteiger partial charge in [0.25, 0.3) is 0 Å². The first-order chi connectivity index (χ1) is 8.56. The Balaban J connectivity index is 2.13. The van der Waals surface area contributed by atoms with Crippen molar-refractivity contribution >= 4 is 27.5 Å². The third-order valence-corrected chi connectivity index (χ3v) is 2.81.